The van der Waals surface area contributed by atoms with Gasteiger partial charge in [0.15, 0.2) is 0 Å². The van der Waals surface area contributed by atoms with Gasteiger partial charge in [-0.2, -0.15) is 0 Å². The molecule has 3 nitrogen and oxygen atoms in total. The summed E-state index contributed by atoms with van der Waals surface area (Å²) in [5.74, 6) is 0.671. The van der Waals surface area contributed by atoms with E-state index in [2.05, 4.69) is 27.8 Å². The number of nitrogens with zero attached hydrogens (tertiary/aromatic N) is 1. The molecule has 0 aliphatic carbocycles. The van der Waals surface area contributed by atoms with Crippen LogP contribution in [0.3, 0.4) is 0 Å². The third-order valence-corrected chi connectivity index (χ3v) is 2.91. The average Bonchev–Trinajstić information content (AvgIpc) is 2.26. The minimum absolute atomic E-state index is 0.250. The molecule has 0 amide bonds. The van der Waals surface area contributed by atoms with Crippen LogP contribution in [0.1, 0.15) is 25.3 Å². The fourth-order valence-corrected chi connectivity index (χ4v) is 1.81. The quantitative estimate of drug-likeness (QED) is 0.872. The van der Waals surface area contributed by atoms with Crippen molar-refractivity contribution in [1.29, 1.82) is 0 Å². The predicted octanol–water partition coefficient (Wildman–Crippen LogP) is 2.33. The fraction of sp³-hybridized carbons (Fsp3) is 0.500. The number of carbonyl (C=O) groups is 1. The summed E-state index contributed by atoms with van der Waals surface area (Å²) >= 11 is 3.34. The predicted molar refractivity (Wildman–Crippen MR) is 68.1 cm³/mol. The van der Waals surface area contributed by atoms with Gasteiger partial charge in [0.2, 0.25) is 0 Å². The van der Waals surface area contributed by atoms with Crippen molar-refractivity contribution in [2.75, 3.05) is 6.54 Å². The maximum Gasteiger partial charge on any atom is 0.137 e. The minimum atomic E-state index is 0.250. The van der Waals surface area contributed by atoms with Crippen LogP contribution < -0.4 is 5.73 Å². The monoisotopic (exact) mass is 284 g/mol. The van der Waals surface area contributed by atoms with E-state index in [1.165, 1.54) is 0 Å². The summed E-state index contributed by atoms with van der Waals surface area (Å²) in [6.45, 7) is 2.71. The van der Waals surface area contributed by atoms with E-state index >= 15 is 0 Å². The lowest BCUT2D eigenvalue weighted by atomic mass is 10.0. The SMILES string of the molecule is CC(CN)CCC(=O)Cc1cncc(Br)c1. The Balaban J connectivity index is 2.40. The number of carbonyl (C=O) groups excluding carboxylic acids is 1. The van der Waals surface area contributed by atoms with E-state index in [1.54, 1.807) is 12.4 Å². The maximum atomic E-state index is 11.7. The molecule has 1 heterocycles. The first kappa shape index (κ1) is 13.3. The summed E-state index contributed by atoms with van der Waals surface area (Å²) in [4.78, 5) is 15.7. The highest BCUT2D eigenvalue weighted by Gasteiger charge is 2.07. The Labute approximate surface area is 105 Å². The molecule has 1 atom stereocenters. The molecule has 2 N–H and O–H groups in total. The molecule has 0 aliphatic rings. The van der Waals surface area contributed by atoms with Gasteiger partial charge in [-0.25, -0.2) is 0 Å². The van der Waals surface area contributed by atoms with E-state index in [0.717, 1.165) is 16.5 Å². The van der Waals surface area contributed by atoms with Crippen LogP contribution in [0.25, 0.3) is 0 Å². The van der Waals surface area contributed by atoms with Gasteiger partial charge in [-0.15, -0.1) is 0 Å². The van der Waals surface area contributed by atoms with Gasteiger partial charge in [0.1, 0.15) is 5.78 Å². The smallest absolute Gasteiger partial charge is 0.137 e. The molecule has 0 bridgehead atoms. The van der Waals surface area contributed by atoms with E-state index in [4.69, 9.17) is 5.73 Å². The summed E-state index contributed by atoms with van der Waals surface area (Å²) in [6, 6.07) is 1.93. The van der Waals surface area contributed by atoms with Gasteiger partial charge in [-0.05, 0) is 46.4 Å². The highest BCUT2D eigenvalue weighted by molar-refractivity contribution is 9.10. The molecule has 4 heteroatoms. The number of hydrogen-bond donors (Lipinski definition) is 1. The Bertz CT molecular complexity index is 355. The molecule has 0 saturated carbocycles. The molecule has 0 fully saturated rings. The summed E-state index contributed by atoms with van der Waals surface area (Å²) in [7, 11) is 0. The lowest BCUT2D eigenvalue weighted by Crippen LogP contribution is -2.13. The first-order valence-electron chi connectivity index (χ1n) is 5.43. The van der Waals surface area contributed by atoms with Crippen molar-refractivity contribution in [2.24, 2.45) is 11.7 Å². The van der Waals surface area contributed by atoms with Gasteiger partial charge in [0.05, 0.1) is 0 Å². The van der Waals surface area contributed by atoms with Crippen LogP contribution in [0, 0.1) is 5.92 Å². The highest BCUT2D eigenvalue weighted by Crippen LogP contribution is 2.12. The van der Waals surface area contributed by atoms with Gasteiger partial charge in [-0.1, -0.05) is 6.92 Å². The Morgan fingerprint density at radius 3 is 2.94 bits per heavy atom. The summed E-state index contributed by atoms with van der Waals surface area (Å²) in [6.07, 6.45) is 5.38. The van der Waals surface area contributed by atoms with Crippen LogP contribution in [0.5, 0.6) is 0 Å². The van der Waals surface area contributed by atoms with Crippen LogP contribution in [0.2, 0.25) is 0 Å². The molecule has 1 rings (SSSR count). The third kappa shape index (κ3) is 4.86. The van der Waals surface area contributed by atoms with Gasteiger partial charge >= 0.3 is 0 Å². The molecular weight excluding hydrogens is 268 g/mol. The van der Waals surface area contributed by atoms with E-state index < -0.39 is 0 Å². The number of Topliss-reactive ketones (excluding diaryl/α,β-unsaturated/α-hetero) is 1. The number of aromatic nitrogens is 1. The van der Waals surface area contributed by atoms with Gasteiger partial charge in [0, 0.05) is 29.7 Å². The van der Waals surface area contributed by atoms with Gasteiger partial charge in [-0.3, -0.25) is 9.78 Å². The van der Waals surface area contributed by atoms with E-state index in [0.29, 0.717) is 25.3 Å². The maximum absolute atomic E-state index is 11.7. The second kappa shape index (κ2) is 6.76. The van der Waals surface area contributed by atoms with Crippen molar-refractivity contribution < 1.29 is 4.79 Å². The Kier molecular flexibility index (Phi) is 5.63. The molecule has 1 aromatic rings. The van der Waals surface area contributed by atoms with Crippen molar-refractivity contribution in [1.82, 2.24) is 4.98 Å². The standard InChI is InChI=1S/C12H17BrN2O/c1-9(6-14)2-3-12(16)5-10-4-11(13)8-15-7-10/h4,7-9H,2-3,5-6,14H2,1H3. The molecule has 1 aromatic heterocycles. The van der Waals surface area contributed by atoms with Crippen molar-refractivity contribution in [2.45, 2.75) is 26.2 Å². The van der Waals surface area contributed by atoms with Crippen LogP contribution >= 0.6 is 15.9 Å². The highest BCUT2D eigenvalue weighted by atomic mass is 79.9. The van der Waals surface area contributed by atoms with Crippen molar-refractivity contribution in [3.63, 3.8) is 0 Å². The van der Waals surface area contributed by atoms with Crippen LogP contribution in [-0.2, 0) is 11.2 Å². The van der Waals surface area contributed by atoms with Crippen LogP contribution in [-0.4, -0.2) is 17.3 Å². The Morgan fingerprint density at radius 1 is 1.56 bits per heavy atom. The molecule has 0 aliphatic heterocycles. The summed E-state index contributed by atoms with van der Waals surface area (Å²) in [5, 5.41) is 0. The normalized spacial score (nSPS) is 12.4. The zero-order valence-electron chi connectivity index (χ0n) is 9.45. The number of halogens is 1. The van der Waals surface area contributed by atoms with Crippen LogP contribution in [0.4, 0.5) is 0 Å². The molecule has 0 spiro atoms. The molecule has 0 aromatic carbocycles. The number of rotatable bonds is 6. The molecule has 88 valence electrons. The minimum Gasteiger partial charge on any atom is -0.330 e. The van der Waals surface area contributed by atoms with Crippen LogP contribution in [0.15, 0.2) is 22.9 Å². The molecule has 0 radical (unpaired) electrons. The van der Waals surface area contributed by atoms with Gasteiger partial charge < -0.3 is 5.73 Å². The second-order valence-electron chi connectivity index (χ2n) is 4.11. The molecular formula is C12H17BrN2O. The largest absolute Gasteiger partial charge is 0.330 e. The number of pyridine rings is 1. The zero-order chi connectivity index (χ0) is 12.0. The lowest BCUT2D eigenvalue weighted by Gasteiger charge is -2.07. The van der Waals surface area contributed by atoms with Gasteiger partial charge in [0.25, 0.3) is 0 Å². The number of ketones is 1. The lowest BCUT2D eigenvalue weighted by molar-refractivity contribution is -0.118. The summed E-state index contributed by atoms with van der Waals surface area (Å²) < 4.78 is 0.910. The first-order valence-corrected chi connectivity index (χ1v) is 6.22. The Hall–Kier alpha value is -0.740. The molecule has 0 saturated heterocycles. The Morgan fingerprint density at radius 2 is 2.31 bits per heavy atom. The fourth-order valence-electron chi connectivity index (χ4n) is 1.39. The zero-order valence-corrected chi connectivity index (χ0v) is 11.0. The van der Waals surface area contributed by atoms with E-state index in [1.807, 2.05) is 6.07 Å². The second-order valence-corrected chi connectivity index (χ2v) is 5.02. The molecule has 16 heavy (non-hydrogen) atoms. The molecule has 1 unspecified atom stereocenters. The third-order valence-electron chi connectivity index (χ3n) is 2.48. The number of nitrogens with two attached hydrogens (primary N) is 1. The topological polar surface area (TPSA) is 56.0 Å². The van der Waals surface area contributed by atoms with Crippen molar-refractivity contribution in [3.8, 4) is 0 Å². The van der Waals surface area contributed by atoms with E-state index in [-0.39, 0.29) is 5.78 Å². The van der Waals surface area contributed by atoms with E-state index in [9.17, 15) is 4.79 Å². The summed E-state index contributed by atoms with van der Waals surface area (Å²) in [5.41, 5.74) is 6.46. The number of hydrogen-bond acceptors (Lipinski definition) is 3. The van der Waals surface area contributed by atoms with Crippen molar-refractivity contribution >= 4 is 21.7 Å². The average molecular weight is 285 g/mol. The van der Waals surface area contributed by atoms with Crippen molar-refractivity contribution in [3.05, 3.63) is 28.5 Å². The first-order chi connectivity index (χ1) is 7.61.